The number of unbranched alkanes of at least 4 members (excludes halogenated alkanes) is 1. The Morgan fingerprint density at radius 2 is 1.82 bits per heavy atom. The molecular weight excluding hydrogens is 376 g/mol. The summed E-state index contributed by atoms with van der Waals surface area (Å²) in [7, 11) is 1.66. The number of aldehydes is 1. The zero-order valence-electron chi connectivity index (χ0n) is 15.9. The molecule has 1 saturated heterocycles. The number of methoxy groups -OCH3 is 1. The molecule has 5 heteroatoms. The molecule has 0 radical (unpaired) electrons. The molecule has 0 saturated carbocycles. The van der Waals surface area contributed by atoms with Gasteiger partial charge >= 0.3 is 0 Å². The summed E-state index contributed by atoms with van der Waals surface area (Å²) in [6.45, 7) is 0.538. The molecule has 1 aliphatic rings. The van der Waals surface area contributed by atoms with Crippen LogP contribution in [0.4, 0.5) is 0 Å². The van der Waals surface area contributed by atoms with Crippen molar-refractivity contribution in [2.75, 3.05) is 13.7 Å². The minimum Gasteiger partial charge on any atom is -0.496 e. The van der Waals surface area contributed by atoms with Gasteiger partial charge in [-0.2, -0.15) is 0 Å². The Morgan fingerprint density at radius 3 is 2.57 bits per heavy atom. The fourth-order valence-electron chi connectivity index (χ4n) is 3.38. The lowest BCUT2D eigenvalue weighted by molar-refractivity contribution is -0.244. The maximum absolute atomic E-state index is 10.5. The van der Waals surface area contributed by atoms with Crippen molar-refractivity contribution in [3.8, 4) is 5.75 Å². The highest BCUT2D eigenvalue weighted by Gasteiger charge is 2.35. The van der Waals surface area contributed by atoms with Gasteiger partial charge in [0.2, 0.25) is 0 Å². The summed E-state index contributed by atoms with van der Waals surface area (Å²) in [5.74, 6) is 0.921. The van der Waals surface area contributed by atoms with Crippen molar-refractivity contribution < 1.29 is 19.0 Å². The molecule has 2 aromatic carbocycles. The van der Waals surface area contributed by atoms with E-state index >= 15 is 0 Å². The van der Waals surface area contributed by atoms with Gasteiger partial charge in [0, 0.05) is 28.5 Å². The molecular formula is C23H25ClO4. The van der Waals surface area contributed by atoms with Crippen LogP contribution in [0.5, 0.6) is 5.75 Å². The zero-order valence-corrected chi connectivity index (χ0v) is 16.7. The predicted octanol–water partition coefficient (Wildman–Crippen LogP) is 5.68. The second-order valence-corrected chi connectivity index (χ2v) is 7.10. The molecule has 1 fully saturated rings. The fourth-order valence-corrected chi connectivity index (χ4v) is 3.61. The molecule has 0 N–H and O–H groups in total. The fraction of sp³-hybridized carbons (Fsp3) is 0.348. The predicted molar refractivity (Wildman–Crippen MR) is 110 cm³/mol. The SMILES string of the molecule is COc1ccccc1[C@H]1O[C@@H](c2ccccc2Cl)OC[C@H]1C/C=C\CCC=O. The van der Waals surface area contributed by atoms with E-state index in [9.17, 15) is 4.79 Å². The van der Waals surface area contributed by atoms with Crippen LogP contribution in [-0.4, -0.2) is 20.0 Å². The zero-order chi connectivity index (χ0) is 19.8. The van der Waals surface area contributed by atoms with Crippen LogP contribution in [0.1, 0.15) is 42.8 Å². The van der Waals surface area contributed by atoms with Gasteiger partial charge in [-0.1, -0.05) is 60.2 Å². The number of carbonyl (C=O) groups is 1. The van der Waals surface area contributed by atoms with Gasteiger partial charge in [-0.3, -0.25) is 0 Å². The van der Waals surface area contributed by atoms with Gasteiger partial charge in [0.25, 0.3) is 0 Å². The highest BCUT2D eigenvalue weighted by molar-refractivity contribution is 6.31. The van der Waals surface area contributed by atoms with Crippen LogP contribution in [0, 0.1) is 5.92 Å². The van der Waals surface area contributed by atoms with Gasteiger partial charge in [-0.25, -0.2) is 0 Å². The van der Waals surface area contributed by atoms with Gasteiger partial charge in [0.1, 0.15) is 12.0 Å². The van der Waals surface area contributed by atoms with Crippen LogP contribution in [0.15, 0.2) is 60.7 Å². The number of hydrogen-bond donors (Lipinski definition) is 0. The third-order valence-corrected chi connectivity index (χ3v) is 5.17. The lowest BCUT2D eigenvalue weighted by Crippen LogP contribution is -2.30. The summed E-state index contributed by atoms with van der Waals surface area (Å²) in [6, 6.07) is 15.5. The quantitative estimate of drug-likeness (QED) is 0.325. The third kappa shape index (κ3) is 5.02. The summed E-state index contributed by atoms with van der Waals surface area (Å²) in [6.07, 6.45) is 6.42. The first kappa shape index (κ1) is 20.6. The van der Waals surface area contributed by atoms with Crippen molar-refractivity contribution in [1.82, 2.24) is 0 Å². The largest absolute Gasteiger partial charge is 0.496 e. The number of allylic oxidation sites excluding steroid dienone is 2. The Kier molecular flexibility index (Phi) is 7.66. The average molecular weight is 401 g/mol. The summed E-state index contributed by atoms with van der Waals surface area (Å²) < 4.78 is 18.0. The molecule has 0 amide bonds. The van der Waals surface area contributed by atoms with E-state index in [1.54, 1.807) is 7.11 Å². The van der Waals surface area contributed by atoms with E-state index in [0.717, 1.165) is 36.0 Å². The van der Waals surface area contributed by atoms with Gasteiger partial charge in [-0.15, -0.1) is 0 Å². The van der Waals surface area contributed by atoms with E-state index in [-0.39, 0.29) is 12.0 Å². The third-order valence-electron chi connectivity index (χ3n) is 4.82. The maximum atomic E-state index is 10.5. The van der Waals surface area contributed by atoms with Crippen molar-refractivity contribution in [2.45, 2.75) is 31.7 Å². The number of rotatable bonds is 8. The van der Waals surface area contributed by atoms with Gasteiger partial charge < -0.3 is 19.0 Å². The van der Waals surface area contributed by atoms with Crippen molar-refractivity contribution >= 4 is 17.9 Å². The topological polar surface area (TPSA) is 44.8 Å². The molecule has 0 unspecified atom stereocenters. The van der Waals surface area contributed by atoms with E-state index in [2.05, 4.69) is 6.08 Å². The second-order valence-electron chi connectivity index (χ2n) is 6.70. The molecule has 28 heavy (non-hydrogen) atoms. The molecule has 0 bridgehead atoms. The van der Waals surface area contributed by atoms with Crippen LogP contribution in [0.3, 0.4) is 0 Å². The summed E-state index contributed by atoms with van der Waals surface area (Å²) >= 11 is 6.35. The Hall–Kier alpha value is -2.14. The molecule has 4 nitrogen and oxygen atoms in total. The molecule has 0 spiro atoms. The lowest BCUT2D eigenvalue weighted by atomic mass is 9.91. The first-order chi connectivity index (χ1) is 13.7. The van der Waals surface area contributed by atoms with Crippen LogP contribution in [-0.2, 0) is 14.3 Å². The Balaban J connectivity index is 1.83. The minimum absolute atomic E-state index is 0.127. The molecule has 3 atom stereocenters. The first-order valence-electron chi connectivity index (χ1n) is 9.47. The van der Waals surface area contributed by atoms with Crippen LogP contribution < -0.4 is 4.74 Å². The highest BCUT2D eigenvalue weighted by Crippen LogP contribution is 2.43. The Morgan fingerprint density at radius 1 is 1.07 bits per heavy atom. The number of ether oxygens (including phenoxy) is 3. The van der Waals surface area contributed by atoms with Gasteiger partial charge in [-0.05, 0) is 25.0 Å². The first-order valence-corrected chi connectivity index (χ1v) is 9.85. The van der Waals surface area contributed by atoms with Crippen LogP contribution >= 0.6 is 11.6 Å². The maximum Gasteiger partial charge on any atom is 0.186 e. The number of hydrogen-bond acceptors (Lipinski definition) is 4. The monoisotopic (exact) mass is 400 g/mol. The molecule has 1 aliphatic heterocycles. The molecule has 2 aromatic rings. The van der Waals surface area contributed by atoms with Crippen molar-refractivity contribution in [2.24, 2.45) is 5.92 Å². The second kappa shape index (κ2) is 10.4. The average Bonchev–Trinajstić information content (AvgIpc) is 2.74. The minimum atomic E-state index is -0.529. The van der Waals surface area contributed by atoms with Gasteiger partial charge in [0.15, 0.2) is 6.29 Å². The molecule has 0 aromatic heterocycles. The van der Waals surface area contributed by atoms with Crippen molar-refractivity contribution in [3.05, 3.63) is 76.8 Å². The molecule has 148 valence electrons. The summed E-state index contributed by atoms with van der Waals surface area (Å²) in [5.41, 5.74) is 1.82. The number of halogens is 1. The van der Waals surface area contributed by atoms with Gasteiger partial charge in [0.05, 0.1) is 19.8 Å². The summed E-state index contributed by atoms with van der Waals surface area (Å²) in [4.78, 5) is 10.5. The number of benzene rings is 2. The Bertz CT molecular complexity index is 805. The van der Waals surface area contributed by atoms with Crippen molar-refractivity contribution in [3.63, 3.8) is 0 Å². The van der Waals surface area contributed by atoms with E-state index < -0.39 is 6.29 Å². The van der Waals surface area contributed by atoms with Crippen molar-refractivity contribution in [1.29, 1.82) is 0 Å². The molecule has 1 heterocycles. The molecule has 0 aliphatic carbocycles. The van der Waals surface area contributed by atoms with Crippen LogP contribution in [0.25, 0.3) is 0 Å². The summed E-state index contributed by atoms with van der Waals surface area (Å²) in [5, 5.41) is 0.624. The number of para-hydroxylation sites is 1. The van der Waals surface area contributed by atoms with E-state index in [1.807, 2.05) is 54.6 Å². The van der Waals surface area contributed by atoms with E-state index in [0.29, 0.717) is 18.1 Å². The van der Waals surface area contributed by atoms with Crippen LogP contribution in [0.2, 0.25) is 5.02 Å². The normalized spacial score (nSPS) is 22.3. The number of carbonyl (C=O) groups excluding carboxylic acids is 1. The lowest BCUT2D eigenvalue weighted by Gasteiger charge is -2.37. The smallest absolute Gasteiger partial charge is 0.186 e. The standard InChI is InChI=1S/C23H25ClO4/c1-26-21-14-8-6-12-19(21)22-17(10-4-2-3-9-15-25)16-27-23(28-22)18-11-5-7-13-20(18)24/h2,4-8,11-15,17,22-23H,3,9-10,16H2,1H3/b4-2-/t17-,22+,23+/m1/s1. The highest BCUT2D eigenvalue weighted by atomic mass is 35.5. The Labute approximate surface area is 171 Å². The van der Waals surface area contributed by atoms with E-state index in [1.165, 1.54) is 0 Å². The molecule has 3 rings (SSSR count). The van der Waals surface area contributed by atoms with E-state index in [4.69, 9.17) is 25.8 Å².